The van der Waals surface area contributed by atoms with Gasteiger partial charge in [-0.1, -0.05) is 30.4 Å². The van der Waals surface area contributed by atoms with E-state index in [9.17, 15) is 19.2 Å². The molecule has 222 valence electrons. The predicted octanol–water partition coefficient (Wildman–Crippen LogP) is 6.43. The van der Waals surface area contributed by atoms with Crippen molar-refractivity contribution in [2.24, 2.45) is 0 Å². The lowest BCUT2D eigenvalue weighted by Gasteiger charge is -2.36. The minimum Gasteiger partial charge on any atom is -0.497 e. The molecule has 0 bridgehead atoms. The van der Waals surface area contributed by atoms with Gasteiger partial charge in [0.05, 0.1) is 31.5 Å². The Kier molecular flexibility index (Phi) is 5.30. The molecule has 2 heterocycles. The molecule has 5 aromatic rings. The second kappa shape index (κ2) is 9.25. The molecule has 8 nitrogen and oxygen atoms in total. The molecule has 1 atom stereocenters. The molecule has 0 N–H and O–H groups in total. The van der Waals surface area contributed by atoms with Crippen LogP contribution in [0.1, 0.15) is 48.9 Å². The van der Waals surface area contributed by atoms with E-state index in [1.165, 1.54) is 9.80 Å². The first-order chi connectivity index (χ1) is 22.4. The Hall–Kier alpha value is -6.02. The maximum Gasteiger partial charge on any atom is 0.265 e. The molecule has 5 aromatic carbocycles. The summed E-state index contributed by atoms with van der Waals surface area (Å²) in [7, 11) is 3.13. The van der Waals surface area contributed by atoms with Gasteiger partial charge in [-0.25, -0.2) is 9.80 Å². The number of nitrogens with zero attached hydrogens (tertiary/aromatic N) is 2. The summed E-state index contributed by atoms with van der Waals surface area (Å²) in [5.74, 6) is -0.819. The molecule has 4 amide bonds. The van der Waals surface area contributed by atoms with E-state index in [2.05, 4.69) is 0 Å². The molecule has 1 unspecified atom stereocenters. The van der Waals surface area contributed by atoms with E-state index < -0.39 is 5.92 Å². The average molecular weight is 605 g/mol. The number of amides is 4. The van der Waals surface area contributed by atoms with E-state index in [1.807, 2.05) is 30.4 Å². The fourth-order valence-electron chi connectivity index (χ4n) is 7.55. The number of ether oxygens (including phenoxy) is 2. The zero-order chi connectivity index (χ0) is 31.4. The summed E-state index contributed by atoms with van der Waals surface area (Å²) in [5, 5.41) is 3.49. The topological polar surface area (TPSA) is 93.2 Å². The van der Waals surface area contributed by atoms with E-state index in [0.29, 0.717) is 57.1 Å². The van der Waals surface area contributed by atoms with Crippen molar-refractivity contribution in [3.05, 3.63) is 118 Å². The van der Waals surface area contributed by atoms with Crippen LogP contribution in [0.15, 0.2) is 84.9 Å². The summed E-state index contributed by atoms with van der Waals surface area (Å²) in [6.07, 6.45) is 6.19. The van der Waals surface area contributed by atoms with Crippen molar-refractivity contribution in [2.75, 3.05) is 24.0 Å². The second-order valence-electron chi connectivity index (χ2n) is 11.7. The number of allylic oxidation sites excluding steroid dienone is 1. The van der Waals surface area contributed by atoms with Crippen LogP contribution >= 0.6 is 0 Å². The van der Waals surface area contributed by atoms with E-state index in [4.69, 9.17) is 9.47 Å². The van der Waals surface area contributed by atoms with Crippen LogP contribution in [0.5, 0.6) is 11.5 Å². The minimum absolute atomic E-state index is 0.312. The molecule has 0 spiro atoms. The number of hydrogen-bond acceptors (Lipinski definition) is 6. The van der Waals surface area contributed by atoms with Crippen molar-refractivity contribution in [1.82, 2.24) is 0 Å². The largest absolute Gasteiger partial charge is 0.497 e. The van der Waals surface area contributed by atoms with Crippen molar-refractivity contribution in [2.45, 2.75) is 12.3 Å². The summed E-state index contributed by atoms with van der Waals surface area (Å²) >= 11 is 0. The number of carbonyl (C=O) groups excluding carboxylic acids is 4. The number of benzene rings is 5. The highest BCUT2D eigenvalue weighted by molar-refractivity contribution is 6.44. The highest BCUT2D eigenvalue weighted by Gasteiger charge is 2.43. The molecule has 2 aliphatic carbocycles. The van der Waals surface area contributed by atoms with Gasteiger partial charge in [0.25, 0.3) is 17.7 Å². The highest BCUT2D eigenvalue weighted by Crippen LogP contribution is 2.50. The number of imide groups is 2. The standard InChI is InChI=1S/C38H24N2O6/c1-45-21-7-3-19(4-8-21)39-35(41)27-15-11-23-25-13-17-29-34-30(38(44)40(37(29)43)20-5-9-22(46-2)10-6-20)18-14-26(32(25)34)24-12-16-28(36(39)42)33(27)31(23)24/h3-13,15-18,28H,14H2,1-2H3. The Balaban J connectivity index is 1.24. The number of anilines is 2. The third-order valence-corrected chi connectivity index (χ3v) is 9.63. The molecule has 2 aliphatic heterocycles. The lowest BCUT2D eigenvalue weighted by molar-refractivity contribution is -0.118. The Morgan fingerprint density at radius 3 is 1.89 bits per heavy atom. The molecule has 8 heteroatoms. The third-order valence-electron chi connectivity index (χ3n) is 9.63. The van der Waals surface area contributed by atoms with Crippen molar-refractivity contribution < 1.29 is 28.7 Å². The van der Waals surface area contributed by atoms with Crippen LogP contribution in [0.3, 0.4) is 0 Å². The first kappa shape index (κ1) is 26.4. The van der Waals surface area contributed by atoms with Gasteiger partial charge in [-0.15, -0.1) is 0 Å². The van der Waals surface area contributed by atoms with Gasteiger partial charge in [0.2, 0.25) is 5.91 Å². The molecule has 0 saturated carbocycles. The third kappa shape index (κ3) is 3.27. The predicted molar refractivity (Wildman–Crippen MR) is 175 cm³/mol. The highest BCUT2D eigenvalue weighted by atomic mass is 16.5. The first-order valence-corrected chi connectivity index (χ1v) is 14.9. The normalized spacial score (nSPS) is 17.6. The molecule has 4 aliphatic rings. The second-order valence-corrected chi connectivity index (χ2v) is 11.7. The van der Waals surface area contributed by atoms with Gasteiger partial charge in [0.15, 0.2) is 0 Å². The molecule has 0 aromatic heterocycles. The molecule has 46 heavy (non-hydrogen) atoms. The SMILES string of the molecule is COc1ccc(N2C(=O)C3=CCc4c5c6c7c(ccc6c6ccc(c3c46)C2=O)C(=O)N(c2ccc(OC)cc2)C(=O)C7C=C5)cc1. The Morgan fingerprint density at radius 2 is 1.24 bits per heavy atom. The van der Waals surface area contributed by atoms with Crippen molar-refractivity contribution in [3.63, 3.8) is 0 Å². The van der Waals surface area contributed by atoms with Gasteiger partial charge in [-0.3, -0.25) is 19.2 Å². The number of fused-ring (bicyclic) bond motifs is 2. The molecular weight excluding hydrogens is 580 g/mol. The van der Waals surface area contributed by atoms with Gasteiger partial charge >= 0.3 is 0 Å². The molecule has 0 saturated heterocycles. The quantitative estimate of drug-likeness (QED) is 0.173. The van der Waals surface area contributed by atoms with E-state index in [1.54, 1.807) is 74.9 Å². The van der Waals surface area contributed by atoms with Crippen LogP contribution < -0.4 is 19.3 Å². The summed E-state index contributed by atoms with van der Waals surface area (Å²) < 4.78 is 10.5. The Morgan fingerprint density at radius 1 is 0.652 bits per heavy atom. The van der Waals surface area contributed by atoms with Gasteiger partial charge in [-0.05, 0) is 105 Å². The summed E-state index contributed by atoms with van der Waals surface area (Å²) in [6.45, 7) is 0. The van der Waals surface area contributed by atoms with Crippen LogP contribution in [0.2, 0.25) is 0 Å². The number of carbonyl (C=O) groups is 4. The maximum absolute atomic E-state index is 14.0. The average Bonchev–Trinajstić information content (AvgIpc) is 3.09. The monoisotopic (exact) mass is 604 g/mol. The van der Waals surface area contributed by atoms with Gasteiger partial charge in [-0.2, -0.15) is 0 Å². The van der Waals surface area contributed by atoms with Crippen molar-refractivity contribution >= 4 is 68.2 Å². The van der Waals surface area contributed by atoms with Crippen LogP contribution in [-0.4, -0.2) is 37.8 Å². The van der Waals surface area contributed by atoms with Crippen LogP contribution in [-0.2, 0) is 16.0 Å². The van der Waals surface area contributed by atoms with E-state index >= 15 is 0 Å². The molecular formula is C38H24N2O6. The first-order valence-electron chi connectivity index (χ1n) is 14.9. The van der Waals surface area contributed by atoms with Gasteiger partial charge in [0, 0.05) is 22.3 Å². The number of hydrogen-bond donors (Lipinski definition) is 0. The molecule has 9 rings (SSSR count). The lowest BCUT2D eigenvalue weighted by Crippen LogP contribution is -2.45. The molecule has 0 radical (unpaired) electrons. The van der Waals surface area contributed by atoms with Crippen LogP contribution in [0.25, 0.3) is 33.2 Å². The minimum atomic E-state index is -0.635. The summed E-state index contributed by atoms with van der Waals surface area (Å²) in [6, 6.07) is 21.2. The fraction of sp³-hybridized carbons (Fsp3) is 0.105. The van der Waals surface area contributed by atoms with Gasteiger partial charge < -0.3 is 9.47 Å². The Labute approximate surface area is 262 Å². The maximum atomic E-state index is 14.0. The zero-order valence-corrected chi connectivity index (χ0v) is 24.8. The fourth-order valence-corrected chi connectivity index (χ4v) is 7.55. The lowest BCUT2D eigenvalue weighted by atomic mass is 9.73. The van der Waals surface area contributed by atoms with Crippen molar-refractivity contribution in [1.29, 1.82) is 0 Å². The Bertz CT molecular complexity index is 2330. The van der Waals surface area contributed by atoms with Crippen LogP contribution in [0, 0.1) is 0 Å². The number of rotatable bonds is 4. The van der Waals surface area contributed by atoms with Gasteiger partial charge in [0.1, 0.15) is 11.5 Å². The zero-order valence-electron chi connectivity index (χ0n) is 24.8. The van der Waals surface area contributed by atoms with Crippen molar-refractivity contribution in [3.8, 4) is 11.5 Å². The van der Waals surface area contributed by atoms with E-state index in [-0.39, 0.29) is 23.6 Å². The smallest absolute Gasteiger partial charge is 0.265 e. The summed E-state index contributed by atoms with van der Waals surface area (Å²) in [5.41, 5.74) is 5.62. The number of methoxy groups -OCH3 is 2. The van der Waals surface area contributed by atoms with E-state index in [0.717, 1.165) is 32.7 Å². The van der Waals surface area contributed by atoms with Crippen LogP contribution in [0.4, 0.5) is 11.4 Å². The molecule has 0 fully saturated rings. The summed E-state index contributed by atoms with van der Waals surface area (Å²) in [4.78, 5) is 58.2.